The summed E-state index contributed by atoms with van der Waals surface area (Å²) in [7, 11) is 0. The zero-order valence-corrected chi connectivity index (χ0v) is 15.1. The van der Waals surface area contributed by atoms with Crippen LogP contribution in [-0.4, -0.2) is 38.1 Å². The second-order valence-corrected chi connectivity index (χ2v) is 7.27. The predicted molar refractivity (Wildman–Crippen MR) is 96.4 cm³/mol. The maximum atomic E-state index is 5.47. The molecular weight excluding hydrogens is 314 g/mol. The van der Waals surface area contributed by atoms with Gasteiger partial charge in [0.1, 0.15) is 5.82 Å². The van der Waals surface area contributed by atoms with Crippen LogP contribution in [0.15, 0.2) is 28.8 Å². The number of rotatable bonds is 4. The fourth-order valence-electron chi connectivity index (χ4n) is 3.53. The number of likely N-dealkylation sites (tertiary alicyclic amines) is 1. The smallest absolute Gasteiger partial charge is 0.243 e. The van der Waals surface area contributed by atoms with Crippen molar-refractivity contribution in [1.29, 1.82) is 0 Å². The molecule has 1 aromatic carbocycles. The summed E-state index contributed by atoms with van der Waals surface area (Å²) in [6.07, 6.45) is 2.19. The van der Waals surface area contributed by atoms with Gasteiger partial charge in [0.05, 0.1) is 17.1 Å². The molecule has 25 heavy (non-hydrogen) atoms. The van der Waals surface area contributed by atoms with Gasteiger partial charge in [-0.15, -0.1) is 0 Å². The molecule has 6 nitrogen and oxygen atoms in total. The molecule has 6 heteroatoms. The van der Waals surface area contributed by atoms with Crippen LogP contribution in [0.5, 0.6) is 0 Å². The number of para-hydroxylation sites is 2. The van der Waals surface area contributed by atoms with Crippen molar-refractivity contribution < 1.29 is 4.52 Å². The maximum Gasteiger partial charge on any atom is 0.243 e. The highest BCUT2D eigenvalue weighted by Gasteiger charge is 2.28. The van der Waals surface area contributed by atoms with Crippen LogP contribution in [0.25, 0.3) is 11.0 Å². The second-order valence-electron chi connectivity index (χ2n) is 7.27. The Kier molecular flexibility index (Phi) is 4.29. The molecule has 1 fully saturated rings. The monoisotopic (exact) mass is 339 g/mol. The lowest BCUT2D eigenvalue weighted by molar-refractivity contribution is 0.135. The quantitative estimate of drug-likeness (QED) is 0.777. The first kappa shape index (κ1) is 16.3. The van der Waals surface area contributed by atoms with Crippen LogP contribution in [-0.2, 0) is 0 Å². The molecule has 1 aliphatic heterocycles. The molecular formula is C19H25N5O. The molecule has 4 rings (SSSR count). The van der Waals surface area contributed by atoms with E-state index in [0.29, 0.717) is 11.8 Å². The number of nitrogens with zero attached hydrogens (tertiary/aromatic N) is 4. The summed E-state index contributed by atoms with van der Waals surface area (Å²) in [6, 6.07) is 8.40. The fraction of sp³-hybridized carbons (Fsp3) is 0.526. The lowest BCUT2D eigenvalue weighted by Crippen LogP contribution is -2.35. The standard InChI is InChI=1S/C19H25N5O/c1-12(2)17-22-19(25-23-17)13(3)24-10-8-14(9-11-24)18-20-15-6-4-5-7-16(15)21-18/h4-7,12-14H,8-11H2,1-3H3,(H,20,21)/t13-/m1/s1. The van der Waals surface area contributed by atoms with E-state index in [2.05, 4.69) is 52.9 Å². The third kappa shape index (κ3) is 3.18. The molecule has 2 aromatic heterocycles. The van der Waals surface area contributed by atoms with Gasteiger partial charge in [0.25, 0.3) is 0 Å². The summed E-state index contributed by atoms with van der Waals surface area (Å²) in [5, 5.41) is 4.09. The number of fused-ring (bicyclic) bond motifs is 1. The number of hydrogen-bond donors (Lipinski definition) is 1. The zero-order valence-electron chi connectivity index (χ0n) is 15.1. The van der Waals surface area contributed by atoms with E-state index < -0.39 is 0 Å². The first-order chi connectivity index (χ1) is 12.1. The summed E-state index contributed by atoms with van der Waals surface area (Å²) >= 11 is 0. The van der Waals surface area contributed by atoms with Crippen molar-refractivity contribution >= 4 is 11.0 Å². The Hall–Kier alpha value is -2.21. The van der Waals surface area contributed by atoms with Gasteiger partial charge in [0.15, 0.2) is 5.82 Å². The van der Waals surface area contributed by atoms with Gasteiger partial charge < -0.3 is 9.51 Å². The van der Waals surface area contributed by atoms with E-state index in [4.69, 9.17) is 9.51 Å². The highest BCUT2D eigenvalue weighted by Crippen LogP contribution is 2.31. The largest absolute Gasteiger partial charge is 0.342 e. The number of benzene rings is 1. The minimum atomic E-state index is 0.164. The number of nitrogens with one attached hydrogen (secondary N) is 1. The van der Waals surface area contributed by atoms with Crippen LogP contribution in [0.2, 0.25) is 0 Å². The molecule has 3 aromatic rings. The van der Waals surface area contributed by atoms with Crippen molar-refractivity contribution in [2.75, 3.05) is 13.1 Å². The Labute approximate surface area is 147 Å². The van der Waals surface area contributed by atoms with Gasteiger partial charge >= 0.3 is 0 Å². The molecule has 0 spiro atoms. The lowest BCUT2D eigenvalue weighted by Gasteiger charge is -2.33. The van der Waals surface area contributed by atoms with Crippen molar-refractivity contribution in [3.63, 3.8) is 0 Å². The number of aromatic amines is 1. The van der Waals surface area contributed by atoms with Gasteiger partial charge in [0, 0.05) is 11.8 Å². The summed E-state index contributed by atoms with van der Waals surface area (Å²) in [4.78, 5) is 15.2. The van der Waals surface area contributed by atoms with Crippen molar-refractivity contribution in [1.82, 2.24) is 25.0 Å². The number of piperidine rings is 1. The Bertz CT molecular complexity index is 811. The Balaban J connectivity index is 1.41. The third-order valence-corrected chi connectivity index (χ3v) is 5.20. The van der Waals surface area contributed by atoms with Crippen LogP contribution < -0.4 is 0 Å². The van der Waals surface area contributed by atoms with Gasteiger partial charge in [-0.3, -0.25) is 4.90 Å². The van der Waals surface area contributed by atoms with Crippen LogP contribution in [0, 0.1) is 0 Å². The van der Waals surface area contributed by atoms with Gasteiger partial charge in [-0.1, -0.05) is 31.1 Å². The molecule has 1 saturated heterocycles. The SMILES string of the molecule is CC(C)c1noc([C@@H](C)N2CCC(c3nc4ccccc4[nH]3)CC2)n1. The van der Waals surface area contributed by atoms with E-state index in [9.17, 15) is 0 Å². The van der Waals surface area contributed by atoms with E-state index in [-0.39, 0.29) is 6.04 Å². The summed E-state index contributed by atoms with van der Waals surface area (Å²) in [6.45, 7) is 8.35. The zero-order chi connectivity index (χ0) is 17.4. The van der Waals surface area contributed by atoms with Crippen LogP contribution in [0.1, 0.15) is 69.0 Å². The molecule has 0 amide bonds. The Morgan fingerprint density at radius 3 is 2.56 bits per heavy atom. The van der Waals surface area contributed by atoms with Crippen molar-refractivity contribution in [2.45, 2.75) is 51.5 Å². The highest BCUT2D eigenvalue weighted by molar-refractivity contribution is 5.74. The molecule has 0 aliphatic carbocycles. The van der Waals surface area contributed by atoms with E-state index >= 15 is 0 Å². The van der Waals surface area contributed by atoms with Crippen molar-refractivity contribution in [3.8, 4) is 0 Å². The normalized spacial score (nSPS) is 18.2. The minimum absolute atomic E-state index is 0.164. The Morgan fingerprint density at radius 2 is 1.88 bits per heavy atom. The molecule has 3 heterocycles. The first-order valence-corrected chi connectivity index (χ1v) is 9.14. The molecule has 1 N–H and O–H groups in total. The molecule has 132 valence electrons. The summed E-state index contributed by atoms with van der Waals surface area (Å²) in [5.41, 5.74) is 2.18. The summed E-state index contributed by atoms with van der Waals surface area (Å²) in [5.74, 6) is 3.42. The molecule has 1 atom stereocenters. The van der Waals surface area contributed by atoms with Gasteiger partial charge in [-0.2, -0.15) is 4.98 Å². The van der Waals surface area contributed by atoms with Crippen LogP contribution >= 0.6 is 0 Å². The van der Waals surface area contributed by atoms with E-state index in [0.717, 1.165) is 54.5 Å². The molecule has 0 radical (unpaired) electrons. The average molecular weight is 339 g/mol. The van der Waals surface area contributed by atoms with Crippen LogP contribution in [0.3, 0.4) is 0 Å². The predicted octanol–water partition coefficient (Wildman–Crippen LogP) is 4.01. The number of hydrogen-bond acceptors (Lipinski definition) is 5. The van der Waals surface area contributed by atoms with Gasteiger partial charge in [-0.25, -0.2) is 4.98 Å². The fourth-order valence-corrected chi connectivity index (χ4v) is 3.53. The van der Waals surface area contributed by atoms with E-state index in [1.807, 2.05) is 12.1 Å². The average Bonchev–Trinajstić information content (AvgIpc) is 3.28. The first-order valence-electron chi connectivity index (χ1n) is 9.14. The lowest BCUT2D eigenvalue weighted by atomic mass is 9.95. The third-order valence-electron chi connectivity index (χ3n) is 5.20. The summed E-state index contributed by atoms with van der Waals surface area (Å²) < 4.78 is 5.47. The van der Waals surface area contributed by atoms with Crippen molar-refractivity contribution in [3.05, 3.63) is 41.8 Å². The molecule has 0 bridgehead atoms. The van der Waals surface area contributed by atoms with Gasteiger partial charge in [-0.05, 0) is 45.0 Å². The molecule has 0 unspecified atom stereocenters. The Morgan fingerprint density at radius 1 is 1.12 bits per heavy atom. The number of imidazole rings is 1. The number of H-pyrrole nitrogens is 1. The molecule has 0 saturated carbocycles. The van der Waals surface area contributed by atoms with Crippen LogP contribution in [0.4, 0.5) is 0 Å². The topological polar surface area (TPSA) is 70.8 Å². The van der Waals surface area contributed by atoms with Crippen molar-refractivity contribution in [2.24, 2.45) is 0 Å². The minimum Gasteiger partial charge on any atom is -0.342 e. The molecule has 1 aliphatic rings. The van der Waals surface area contributed by atoms with E-state index in [1.165, 1.54) is 0 Å². The second kappa shape index (κ2) is 6.59. The van der Waals surface area contributed by atoms with Gasteiger partial charge in [0.2, 0.25) is 5.89 Å². The number of aromatic nitrogens is 4. The maximum absolute atomic E-state index is 5.47. The van der Waals surface area contributed by atoms with E-state index in [1.54, 1.807) is 0 Å². The highest BCUT2D eigenvalue weighted by atomic mass is 16.5.